The van der Waals surface area contributed by atoms with Crippen LogP contribution in [0.4, 0.5) is 5.69 Å². The van der Waals surface area contributed by atoms with Gasteiger partial charge in [-0.1, -0.05) is 18.5 Å². The average Bonchev–Trinajstić information content (AvgIpc) is 3.36. The minimum absolute atomic E-state index is 0.125. The summed E-state index contributed by atoms with van der Waals surface area (Å²) < 4.78 is 58.3. The molecule has 9 nitrogen and oxygen atoms in total. The van der Waals surface area contributed by atoms with Crippen LogP contribution in [0.15, 0.2) is 53.4 Å². The van der Waals surface area contributed by atoms with E-state index in [1.165, 1.54) is 16.4 Å². The van der Waals surface area contributed by atoms with Crippen LogP contribution in [-0.4, -0.2) is 65.6 Å². The third-order valence-corrected chi connectivity index (χ3v) is 8.95. The number of carbonyl (C=O) groups is 1. The van der Waals surface area contributed by atoms with Gasteiger partial charge in [0.15, 0.2) is 0 Å². The summed E-state index contributed by atoms with van der Waals surface area (Å²) in [5.74, 6) is 0.00844. The largest absolute Gasteiger partial charge is 0.492 e. The van der Waals surface area contributed by atoms with E-state index in [1.54, 1.807) is 43.3 Å². The average molecular weight is 544 g/mol. The molecular weight excluding hydrogens is 514 g/mol. The lowest BCUT2D eigenvalue weighted by atomic mass is 10.2. The standard InChI is InChI=1S/C23H30ClN3O6S2/c1-3-22(27(34(2,29)30)19-8-6-18(24)7-9-19)23(28)25-14-17-33-20-10-12-21(13-11-20)35(31,32)26-15-4-5-16-26/h6-13,22H,3-5,14-17H2,1-2H3,(H,25,28)/t22-/m1/s1. The monoisotopic (exact) mass is 543 g/mol. The predicted octanol–water partition coefficient (Wildman–Crippen LogP) is 2.86. The Morgan fingerprint density at radius 2 is 1.66 bits per heavy atom. The molecule has 0 saturated carbocycles. The van der Waals surface area contributed by atoms with E-state index in [0.717, 1.165) is 23.4 Å². The molecule has 1 heterocycles. The van der Waals surface area contributed by atoms with Crippen molar-refractivity contribution in [3.63, 3.8) is 0 Å². The van der Waals surface area contributed by atoms with E-state index in [2.05, 4.69) is 5.32 Å². The number of benzene rings is 2. The fraction of sp³-hybridized carbons (Fsp3) is 0.435. The molecule has 1 fully saturated rings. The molecule has 35 heavy (non-hydrogen) atoms. The number of sulfonamides is 2. The third kappa shape index (κ3) is 6.87. The first-order valence-electron chi connectivity index (χ1n) is 11.3. The van der Waals surface area contributed by atoms with E-state index in [-0.39, 0.29) is 24.5 Å². The number of rotatable bonds is 11. The fourth-order valence-corrected chi connectivity index (χ4v) is 6.75. The number of ether oxygens (including phenoxy) is 1. The van der Waals surface area contributed by atoms with E-state index in [0.29, 0.717) is 29.5 Å². The van der Waals surface area contributed by atoms with Crippen molar-refractivity contribution in [2.24, 2.45) is 0 Å². The molecule has 1 aliphatic heterocycles. The van der Waals surface area contributed by atoms with Gasteiger partial charge in [-0.05, 0) is 67.8 Å². The maximum Gasteiger partial charge on any atom is 0.244 e. The fourth-order valence-electron chi connectivity index (χ4n) is 3.89. The van der Waals surface area contributed by atoms with Gasteiger partial charge in [0.05, 0.1) is 23.4 Å². The molecule has 1 atom stereocenters. The maximum absolute atomic E-state index is 12.8. The number of hydrogen-bond donors (Lipinski definition) is 1. The minimum Gasteiger partial charge on any atom is -0.492 e. The van der Waals surface area contributed by atoms with Gasteiger partial charge >= 0.3 is 0 Å². The van der Waals surface area contributed by atoms with Crippen molar-refractivity contribution in [3.8, 4) is 5.75 Å². The molecule has 0 unspecified atom stereocenters. The van der Waals surface area contributed by atoms with Crippen LogP contribution in [0.1, 0.15) is 26.2 Å². The number of halogens is 1. The number of carbonyl (C=O) groups excluding carboxylic acids is 1. The smallest absolute Gasteiger partial charge is 0.244 e. The zero-order valence-electron chi connectivity index (χ0n) is 19.7. The Bertz CT molecular complexity index is 1210. The first kappa shape index (κ1) is 27.3. The quantitative estimate of drug-likeness (QED) is 0.436. The number of nitrogens with zero attached hydrogens (tertiary/aromatic N) is 2. The van der Waals surface area contributed by atoms with Crippen molar-refractivity contribution >= 4 is 43.2 Å². The maximum atomic E-state index is 12.8. The SMILES string of the molecule is CC[C@H](C(=O)NCCOc1ccc(S(=O)(=O)N2CCCC2)cc1)N(c1ccc(Cl)cc1)S(C)(=O)=O. The van der Waals surface area contributed by atoms with Gasteiger partial charge in [-0.2, -0.15) is 4.31 Å². The van der Waals surface area contributed by atoms with E-state index >= 15 is 0 Å². The van der Waals surface area contributed by atoms with E-state index < -0.39 is 32.0 Å². The molecule has 0 radical (unpaired) electrons. The Balaban J connectivity index is 1.57. The Hall–Kier alpha value is -2.34. The molecule has 1 saturated heterocycles. The Morgan fingerprint density at radius 3 is 2.20 bits per heavy atom. The lowest BCUT2D eigenvalue weighted by Gasteiger charge is -2.30. The lowest BCUT2D eigenvalue weighted by Crippen LogP contribution is -2.50. The molecule has 0 aliphatic carbocycles. The van der Waals surface area contributed by atoms with Crippen LogP contribution in [-0.2, 0) is 24.8 Å². The number of amides is 1. The van der Waals surface area contributed by atoms with Crippen molar-refractivity contribution < 1.29 is 26.4 Å². The minimum atomic E-state index is -3.74. The van der Waals surface area contributed by atoms with Gasteiger partial charge in [0.25, 0.3) is 0 Å². The highest BCUT2D eigenvalue weighted by Crippen LogP contribution is 2.25. The van der Waals surface area contributed by atoms with Gasteiger partial charge in [-0.15, -0.1) is 0 Å². The summed E-state index contributed by atoms with van der Waals surface area (Å²) in [6, 6.07) is 11.4. The second kappa shape index (κ2) is 11.6. The molecule has 192 valence electrons. The van der Waals surface area contributed by atoms with Gasteiger partial charge in [-0.3, -0.25) is 9.10 Å². The third-order valence-electron chi connectivity index (χ3n) is 5.61. The van der Waals surface area contributed by atoms with Crippen LogP contribution >= 0.6 is 11.6 Å². The van der Waals surface area contributed by atoms with Gasteiger partial charge in [0.2, 0.25) is 26.0 Å². The van der Waals surface area contributed by atoms with E-state index in [9.17, 15) is 21.6 Å². The van der Waals surface area contributed by atoms with Gasteiger partial charge in [0.1, 0.15) is 18.4 Å². The van der Waals surface area contributed by atoms with Crippen LogP contribution < -0.4 is 14.4 Å². The summed E-state index contributed by atoms with van der Waals surface area (Å²) in [6.45, 7) is 3.07. The summed E-state index contributed by atoms with van der Waals surface area (Å²) in [7, 11) is -7.23. The lowest BCUT2D eigenvalue weighted by molar-refractivity contribution is -0.122. The summed E-state index contributed by atoms with van der Waals surface area (Å²) in [5, 5.41) is 3.17. The summed E-state index contributed by atoms with van der Waals surface area (Å²) in [6.07, 6.45) is 3.04. The molecule has 2 aromatic rings. The van der Waals surface area contributed by atoms with Crippen molar-refractivity contribution in [1.29, 1.82) is 0 Å². The van der Waals surface area contributed by atoms with Crippen LogP contribution in [0.3, 0.4) is 0 Å². The topological polar surface area (TPSA) is 113 Å². The first-order valence-corrected chi connectivity index (χ1v) is 15.0. The van der Waals surface area contributed by atoms with Crippen molar-refractivity contribution in [3.05, 3.63) is 53.6 Å². The Labute approximate surface area is 212 Å². The molecule has 2 aromatic carbocycles. The van der Waals surface area contributed by atoms with Crippen LogP contribution in [0.5, 0.6) is 5.75 Å². The molecule has 12 heteroatoms. The van der Waals surface area contributed by atoms with E-state index in [1.807, 2.05) is 0 Å². The van der Waals surface area contributed by atoms with Crippen LogP contribution in [0, 0.1) is 0 Å². The van der Waals surface area contributed by atoms with Crippen molar-refractivity contribution in [1.82, 2.24) is 9.62 Å². The molecule has 3 rings (SSSR count). The molecular formula is C23H30ClN3O6S2. The predicted molar refractivity (Wildman–Crippen MR) is 136 cm³/mol. The summed E-state index contributed by atoms with van der Waals surface area (Å²) in [4.78, 5) is 13.0. The second-order valence-electron chi connectivity index (χ2n) is 8.18. The molecule has 0 spiro atoms. The van der Waals surface area contributed by atoms with Crippen LogP contribution in [0.2, 0.25) is 5.02 Å². The normalized spacial score (nSPS) is 15.5. The van der Waals surface area contributed by atoms with Crippen LogP contribution in [0.25, 0.3) is 0 Å². The molecule has 0 aromatic heterocycles. The Kier molecular flexibility index (Phi) is 9.03. The highest BCUT2D eigenvalue weighted by molar-refractivity contribution is 7.92. The summed E-state index contributed by atoms with van der Waals surface area (Å²) >= 11 is 5.91. The highest BCUT2D eigenvalue weighted by Gasteiger charge is 2.31. The molecule has 1 amide bonds. The zero-order valence-corrected chi connectivity index (χ0v) is 22.1. The zero-order chi connectivity index (χ0) is 25.6. The number of anilines is 1. The number of nitrogens with one attached hydrogen (secondary N) is 1. The second-order valence-corrected chi connectivity index (χ2v) is 12.4. The number of hydrogen-bond acceptors (Lipinski definition) is 6. The van der Waals surface area contributed by atoms with Gasteiger partial charge < -0.3 is 10.1 Å². The first-order chi connectivity index (χ1) is 16.5. The molecule has 1 N–H and O–H groups in total. The molecule has 1 aliphatic rings. The highest BCUT2D eigenvalue weighted by atomic mass is 35.5. The van der Waals surface area contributed by atoms with Crippen molar-refractivity contribution in [2.45, 2.75) is 37.1 Å². The van der Waals surface area contributed by atoms with Crippen molar-refractivity contribution in [2.75, 3.05) is 36.8 Å². The van der Waals surface area contributed by atoms with Gasteiger partial charge in [0, 0.05) is 18.1 Å². The Morgan fingerprint density at radius 1 is 1.06 bits per heavy atom. The summed E-state index contributed by atoms with van der Waals surface area (Å²) in [5.41, 5.74) is 0.346. The van der Waals surface area contributed by atoms with Gasteiger partial charge in [-0.25, -0.2) is 16.8 Å². The molecule has 0 bridgehead atoms. The van der Waals surface area contributed by atoms with E-state index in [4.69, 9.17) is 16.3 Å².